The predicted molar refractivity (Wildman–Crippen MR) is 115 cm³/mol. The number of rotatable bonds is 8. The van der Waals surface area contributed by atoms with E-state index < -0.39 is 29.5 Å². The summed E-state index contributed by atoms with van der Waals surface area (Å²) in [6, 6.07) is 5.73. The number of halogens is 4. The normalized spacial score (nSPS) is 15.5. The van der Waals surface area contributed by atoms with E-state index in [9.17, 15) is 23.1 Å². The van der Waals surface area contributed by atoms with Crippen LogP contribution in [-0.4, -0.2) is 61.5 Å². The van der Waals surface area contributed by atoms with E-state index in [0.29, 0.717) is 42.5 Å². The largest absolute Gasteiger partial charge is 0.389 e. The molecule has 1 heterocycles. The van der Waals surface area contributed by atoms with Crippen LogP contribution in [0.4, 0.5) is 24.5 Å². The number of carbonyl (C=O) groups excluding carboxylic acids is 1. The molecule has 168 valence electrons. The number of aliphatic hydroxyl groups is 1. The number of nitrogens with zero attached hydrogens (tertiary/aromatic N) is 1. The Morgan fingerprint density at radius 2 is 1.84 bits per heavy atom. The number of aliphatic hydroxyl groups excluding tert-OH is 1. The summed E-state index contributed by atoms with van der Waals surface area (Å²) in [4.78, 5) is 19.5. The van der Waals surface area contributed by atoms with Gasteiger partial charge in [0.25, 0.3) is 5.91 Å². The van der Waals surface area contributed by atoms with Crippen molar-refractivity contribution in [2.75, 3.05) is 44.8 Å². The van der Waals surface area contributed by atoms with Crippen LogP contribution in [0.25, 0.3) is 0 Å². The highest BCUT2D eigenvalue weighted by molar-refractivity contribution is 14.1. The van der Waals surface area contributed by atoms with Crippen molar-refractivity contribution >= 4 is 39.9 Å². The lowest BCUT2D eigenvalue weighted by Gasteiger charge is -2.28. The minimum absolute atomic E-state index is 0.0117. The summed E-state index contributed by atoms with van der Waals surface area (Å²) in [5.41, 5.74) is 1.65. The van der Waals surface area contributed by atoms with Crippen molar-refractivity contribution in [2.45, 2.75) is 6.10 Å². The van der Waals surface area contributed by atoms with Gasteiger partial charge in [-0.05, 0) is 46.9 Å². The SMILES string of the molecule is O=C(NOCC(O)CN1CCOCC1)c1cc(F)c(F)cc1Nc1ccc(I)cc1F. The number of hydrogen-bond donors (Lipinski definition) is 3. The Kier molecular flexibility index (Phi) is 8.49. The maximum Gasteiger partial charge on any atom is 0.277 e. The second-order valence-corrected chi connectivity index (χ2v) is 8.12. The molecule has 0 spiro atoms. The number of β-amino-alcohol motifs (C(OH)–C–C–N with tert-alkyl or cyclic N) is 1. The first kappa shape index (κ1) is 23.7. The minimum atomic E-state index is -1.24. The summed E-state index contributed by atoms with van der Waals surface area (Å²) in [6.07, 6.45) is -0.873. The molecule has 0 radical (unpaired) electrons. The van der Waals surface area contributed by atoms with E-state index >= 15 is 0 Å². The maximum atomic E-state index is 14.1. The first-order valence-electron chi connectivity index (χ1n) is 9.45. The molecule has 3 rings (SSSR count). The number of nitrogens with one attached hydrogen (secondary N) is 2. The Balaban J connectivity index is 1.63. The van der Waals surface area contributed by atoms with Crippen molar-refractivity contribution in [1.82, 2.24) is 10.4 Å². The molecule has 0 saturated carbocycles. The summed E-state index contributed by atoms with van der Waals surface area (Å²) < 4.78 is 47.5. The van der Waals surface area contributed by atoms with Gasteiger partial charge in [-0.15, -0.1) is 0 Å². The highest BCUT2D eigenvalue weighted by atomic mass is 127. The molecule has 0 bridgehead atoms. The van der Waals surface area contributed by atoms with Gasteiger partial charge in [0.05, 0.1) is 36.3 Å². The zero-order valence-electron chi connectivity index (χ0n) is 16.3. The van der Waals surface area contributed by atoms with Gasteiger partial charge in [-0.2, -0.15) is 0 Å². The van der Waals surface area contributed by atoms with E-state index in [2.05, 4.69) is 10.8 Å². The van der Waals surface area contributed by atoms with Gasteiger partial charge in [-0.1, -0.05) is 0 Å². The van der Waals surface area contributed by atoms with E-state index in [-0.39, 0.29) is 23.5 Å². The van der Waals surface area contributed by atoms with Gasteiger partial charge in [0, 0.05) is 29.3 Å². The average molecular weight is 551 g/mol. The molecule has 2 aromatic rings. The van der Waals surface area contributed by atoms with Gasteiger partial charge >= 0.3 is 0 Å². The molecule has 2 aromatic carbocycles. The lowest BCUT2D eigenvalue weighted by molar-refractivity contribution is -0.0362. The molecule has 1 amide bonds. The van der Waals surface area contributed by atoms with Crippen LogP contribution in [0.3, 0.4) is 0 Å². The lowest BCUT2D eigenvalue weighted by atomic mass is 10.1. The maximum absolute atomic E-state index is 14.1. The van der Waals surface area contributed by atoms with E-state index in [1.807, 2.05) is 27.5 Å². The smallest absolute Gasteiger partial charge is 0.277 e. The fourth-order valence-electron chi connectivity index (χ4n) is 2.97. The van der Waals surface area contributed by atoms with Gasteiger partial charge in [0.15, 0.2) is 11.6 Å². The predicted octanol–water partition coefficient (Wildman–Crippen LogP) is 2.81. The van der Waals surface area contributed by atoms with Crippen molar-refractivity contribution in [3.63, 3.8) is 0 Å². The van der Waals surface area contributed by atoms with Crippen LogP contribution in [0.1, 0.15) is 10.4 Å². The highest BCUT2D eigenvalue weighted by Gasteiger charge is 2.19. The number of amides is 1. The van der Waals surface area contributed by atoms with Crippen molar-refractivity contribution in [2.24, 2.45) is 0 Å². The number of ether oxygens (including phenoxy) is 1. The molecule has 11 heteroatoms. The third-order valence-electron chi connectivity index (χ3n) is 4.52. The van der Waals surface area contributed by atoms with E-state index in [0.717, 1.165) is 6.07 Å². The molecule has 1 aliphatic rings. The quantitative estimate of drug-likeness (QED) is 0.346. The molecule has 7 nitrogen and oxygen atoms in total. The van der Waals surface area contributed by atoms with Gasteiger partial charge in [-0.25, -0.2) is 18.7 Å². The number of hydrogen-bond acceptors (Lipinski definition) is 6. The Morgan fingerprint density at radius 3 is 2.55 bits per heavy atom. The molecule has 3 N–H and O–H groups in total. The second-order valence-electron chi connectivity index (χ2n) is 6.87. The number of hydroxylamine groups is 1. The van der Waals surface area contributed by atoms with Crippen LogP contribution in [0.15, 0.2) is 30.3 Å². The standard InChI is InChI=1S/C20H21F3IN3O4/c21-15-8-14(19(9-16(15)22)25-18-2-1-12(24)7-17(18)23)20(29)26-31-11-13(28)10-27-3-5-30-6-4-27/h1-2,7-9,13,25,28H,3-6,10-11H2,(H,26,29). The average Bonchev–Trinajstić information content (AvgIpc) is 2.73. The van der Waals surface area contributed by atoms with Crippen LogP contribution in [0, 0.1) is 21.0 Å². The van der Waals surface area contributed by atoms with Gasteiger partial charge in [-0.3, -0.25) is 14.5 Å². The van der Waals surface area contributed by atoms with Gasteiger partial charge < -0.3 is 15.2 Å². The summed E-state index contributed by atoms with van der Waals surface area (Å²) in [5.74, 6) is -3.95. The summed E-state index contributed by atoms with van der Waals surface area (Å²) in [6.45, 7) is 2.66. The molecule has 1 fully saturated rings. The molecule has 1 atom stereocenters. The molecule has 1 aliphatic heterocycles. The molecule has 31 heavy (non-hydrogen) atoms. The van der Waals surface area contributed by atoms with Crippen LogP contribution in [0.2, 0.25) is 0 Å². The topological polar surface area (TPSA) is 83.1 Å². The highest BCUT2D eigenvalue weighted by Crippen LogP contribution is 2.26. The fourth-order valence-corrected chi connectivity index (χ4v) is 3.42. The third-order valence-corrected chi connectivity index (χ3v) is 5.19. The summed E-state index contributed by atoms with van der Waals surface area (Å²) in [7, 11) is 0. The third kappa shape index (κ3) is 6.77. The molecule has 0 aliphatic carbocycles. The Hall–Kier alpha value is -1.93. The molecule has 1 unspecified atom stereocenters. The minimum Gasteiger partial charge on any atom is -0.389 e. The van der Waals surface area contributed by atoms with Gasteiger partial charge in [0.2, 0.25) is 0 Å². The zero-order chi connectivity index (χ0) is 22.4. The molecular formula is C20H21F3IN3O4. The molecular weight excluding hydrogens is 530 g/mol. The van der Waals surface area contributed by atoms with Crippen LogP contribution >= 0.6 is 22.6 Å². The number of benzene rings is 2. The molecule has 0 aromatic heterocycles. The van der Waals surface area contributed by atoms with Gasteiger partial charge in [0.1, 0.15) is 12.4 Å². The first-order chi connectivity index (χ1) is 14.8. The zero-order valence-corrected chi connectivity index (χ0v) is 18.5. The van der Waals surface area contributed by atoms with Crippen LogP contribution < -0.4 is 10.8 Å². The van der Waals surface area contributed by atoms with Crippen molar-refractivity contribution in [3.8, 4) is 0 Å². The van der Waals surface area contributed by atoms with Crippen molar-refractivity contribution in [1.29, 1.82) is 0 Å². The first-order valence-corrected chi connectivity index (χ1v) is 10.5. The number of anilines is 2. The van der Waals surface area contributed by atoms with Crippen LogP contribution in [-0.2, 0) is 9.57 Å². The fraction of sp³-hybridized carbons (Fsp3) is 0.350. The van der Waals surface area contributed by atoms with E-state index in [4.69, 9.17) is 9.57 Å². The number of morpholine rings is 1. The van der Waals surface area contributed by atoms with E-state index in [1.54, 1.807) is 6.07 Å². The second kappa shape index (κ2) is 11.1. The lowest BCUT2D eigenvalue weighted by Crippen LogP contribution is -2.42. The Bertz CT molecular complexity index is 929. The van der Waals surface area contributed by atoms with Crippen molar-refractivity contribution in [3.05, 3.63) is 56.9 Å². The van der Waals surface area contributed by atoms with E-state index in [1.165, 1.54) is 12.1 Å². The molecule has 1 saturated heterocycles. The van der Waals surface area contributed by atoms with Crippen LogP contribution in [0.5, 0.6) is 0 Å². The van der Waals surface area contributed by atoms with Crippen molar-refractivity contribution < 1.29 is 32.6 Å². The monoisotopic (exact) mass is 551 g/mol. The number of carbonyl (C=O) groups is 1. The summed E-state index contributed by atoms with van der Waals surface area (Å²) >= 11 is 1.93. The Labute approximate surface area is 190 Å². The Morgan fingerprint density at radius 1 is 1.13 bits per heavy atom. The summed E-state index contributed by atoms with van der Waals surface area (Å²) in [5, 5.41) is 12.6.